The minimum absolute atomic E-state index is 0.321. The molecule has 0 atom stereocenters. The third kappa shape index (κ3) is 2.97. The molecule has 0 spiro atoms. The molecule has 104 valence electrons. The number of carbonyl (C=O) groups excluding carboxylic acids is 1. The molecule has 0 bridgehead atoms. The Balaban J connectivity index is 1.73. The van der Waals surface area contributed by atoms with E-state index in [4.69, 9.17) is 4.42 Å². The number of nitrogens with one attached hydrogen (secondary N) is 1. The van der Waals surface area contributed by atoms with Crippen molar-refractivity contribution in [2.45, 2.75) is 6.92 Å². The highest BCUT2D eigenvalue weighted by atomic mass is 16.3. The summed E-state index contributed by atoms with van der Waals surface area (Å²) in [4.78, 5) is 16.3. The maximum atomic E-state index is 12.0. The topological polar surface area (TPSA) is 67.5 Å². The van der Waals surface area contributed by atoms with Crippen LogP contribution in [-0.4, -0.2) is 17.1 Å². The van der Waals surface area contributed by atoms with Gasteiger partial charge < -0.3 is 4.42 Å². The van der Waals surface area contributed by atoms with Crippen molar-refractivity contribution >= 4 is 23.0 Å². The Kier molecular flexibility index (Phi) is 3.47. The number of fused-ring (bicyclic) bond motifs is 1. The number of benzene rings is 1. The van der Waals surface area contributed by atoms with E-state index in [-0.39, 0.29) is 5.91 Å². The van der Waals surface area contributed by atoms with Crippen LogP contribution < -0.4 is 5.43 Å². The minimum atomic E-state index is -0.361. The first-order chi connectivity index (χ1) is 10.2. The van der Waals surface area contributed by atoms with Crippen LogP contribution in [0.1, 0.15) is 22.0 Å². The SMILES string of the molecule is Cc1ccc(/C=N/NC(=O)c2ccc3ccccc3n2)o1. The van der Waals surface area contributed by atoms with Gasteiger partial charge in [0.05, 0.1) is 11.7 Å². The summed E-state index contributed by atoms with van der Waals surface area (Å²) in [6.45, 7) is 1.84. The lowest BCUT2D eigenvalue weighted by molar-refractivity contribution is 0.0950. The summed E-state index contributed by atoms with van der Waals surface area (Å²) >= 11 is 0. The number of para-hydroxylation sites is 1. The standard InChI is InChI=1S/C16H13N3O2/c1-11-6-8-13(21-11)10-17-19-16(20)15-9-7-12-4-2-3-5-14(12)18-15/h2-10H,1H3,(H,19,20)/b17-10+. The van der Waals surface area contributed by atoms with E-state index < -0.39 is 0 Å². The van der Waals surface area contributed by atoms with Gasteiger partial charge in [0, 0.05) is 5.39 Å². The summed E-state index contributed by atoms with van der Waals surface area (Å²) in [7, 11) is 0. The Morgan fingerprint density at radius 3 is 2.86 bits per heavy atom. The normalized spacial score (nSPS) is 11.1. The molecule has 0 aliphatic heterocycles. The van der Waals surface area contributed by atoms with Gasteiger partial charge in [0.25, 0.3) is 5.91 Å². The molecule has 0 radical (unpaired) electrons. The molecule has 0 unspecified atom stereocenters. The molecule has 1 aromatic carbocycles. The van der Waals surface area contributed by atoms with Crippen molar-refractivity contribution < 1.29 is 9.21 Å². The number of pyridine rings is 1. The van der Waals surface area contributed by atoms with Crippen LogP contribution >= 0.6 is 0 Å². The van der Waals surface area contributed by atoms with Crippen LogP contribution in [0.5, 0.6) is 0 Å². The second-order valence-electron chi connectivity index (χ2n) is 4.54. The van der Waals surface area contributed by atoms with Crippen molar-refractivity contribution in [2.75, 3.05) is 0 Å². The molecule has 2 heterocycles. The second-order valence-corrected chi connectivity index (χ2v) is 4.54. The fourth-order valence-electron chi connectivity index (χ4n) is 1.93. The number of hydrogen-bond acceptors (Lipinski definition) is 4. The molecule has 0 aliphatic carbocycles. The summed E-state index contributed by atoms with van der Waals surface area (Å²) in [5, 5.41) is 4.84. The maximum Gasteiger partial charge on any atom is 0.289 e. The Morgan fingerprint density at radius 2 is 2.05 bits per heavy atom. The van der Waals surface area contributed by atoms with Crippen molar-refractivity contribution in [1.29, 1.82) is 0 Å². The first-order valence-corrected chi connectivity index (χ1v) is 6.48. The molecular weight excluding hydrogens is 266 g/mol. The lowest BCUT2D eigenvalue weighted by Crippen LogP contribution is -2.18. The molecule has 0 saturated carbocycles. The third-order valence-corrected chi connectivity index (χ3v) is 2.95. The van der Waals surface area contributed by atoms with Crippen LogP contribution in [0.2, 0.25) is 0 Å². The Bertz CT molecular complexity index is 821. The van der Waals surface area contributed by atoms with Crippen molar-refractivity contribution in [3.8, 4) is 0 Å². The number of rotatable bonds is 3. The number of aryl methyl sites for hydroxylation is 1. The number of furan rings is 1. The second kappa shape index (κ2) is 5.58. The predicted octanol–water partition coefficient (Wildman–Crippen LogP) is 2.90. The number of hydrogen-bond donors (Lipinski definition) is 1. The highest BCUT2D eigenvalue weighted by Gasteiger charge is 2.06. The van der Waals surface area contributed by atoms with Gasteiger partial charge in [-0.2, -0.15) is 5.10 Å². The summed E-state index contributed by atoms with van der Waals surface area (Å²) in [5.41, 5.74) is 3.52. The molecule has 0 aliphatic rings. The molecular formula is C16H13N3O2. The fourth-order valence-corrected chi connectivity index (χ4v) is 1.93. The van der Waals surface area contributed by atoms with Crippen molar-refractivity contribution in [2.24, 2.45) is 5.10 Å². The third-order valence-electron chi connectivity index (χ3n) is 2.95. The van der Waals surface area contributed by atoms with Crippen LogP contribution in [0.15, 0.2) is 58.0 Å². The zero-order chi connectivity index (χ0) is 14.7. The highest BCUT2D eigenvalue weighted by molar-refractivity contribution is 5.95. The van der Waals surface area contributed by atoms with Crippen LogP contribution in [-0.2, 0) is 0 Å². The number of amides is 1. The average molecular weight is 279 g/mol. The van der Waals surface area contributed by atoms with Gasteiger partial charge in [-0.1, -0.05) is 24.3 Å². The van der Waals surface area contributed by atoms with E-state index in [0.29, 0.717) is 11.5 Å². The quantitative estimate of drug-likeness (QED) is 0.592. The van der Waals surface area contributed by atoms with Crippen LogP contribution in [0.4, 0.5) is 0 Å². The average Bonchev–Trinajstić information content (AvgIpc) is 2.92. The van der Waals surface area contributed by atoms with Gasteiger partial charge >= 0.3 is 0 Å². The summed E-state index contributed by atoms with van der Waals surface area (Å²) < 4.78 is 5.31. The van der Waals surface area contributed by atoms with Crippen molar-refractivity contribution in [1.82, 2.24) is 10.4 Å². The monoisotopic (exact) mass is 279 g/mol. The first-order valence-electron chi connectivity index (χ1n) is 6.48. The number of nitrogens with zero attached hydrogens (tertiary/aromatic N) is 2. The molecule has 5 nitrogen and oxygen atoms in total. The molecule has 0 fully saturated rings. The van der Waals surface area contributed by atoms with Crippen LogP contribution in [0.25, 0.3) is 10.9 Å². The lowest BCUT2D eigenvalue weighted by Gasteiger charge is -2.01. The summed E-state index contributed by atoms with van der Waals surface area (Å²) in [5.74, 6) is 1.01. The van der Waals surface area contributed by atoms with Gasteiger partial charge in [0.15, 0.2) is 0 Å². The zero-order valence-corrected chi connectivity index (χ0v) is 11.4. The summed E-state index contributed by atoms with van der Waals surface area (Å²) in [6, 6.07) is 14.8. The molecule has 21 heavy (non-hydrogen) atoms. The Labute approximate surface area is 121 Å². The van der Waals surface area contributed by atoms with Gasteiger partial charge in [-0.05, 0) is 31.2 Å². The number of aromatic nitrogens is 1. The van der Waals surface area contributed by atoms with Gasteiger partial charge in [0.1, 0.15) is 17.2 Å². The van der Waals surface area contributed by atoms with E-state index in [1.807, 2.05) is 43.3 Å². The van der Waals surface area contributed by atoms with Crippen LogP contribution in [0, 0.1) is 6.92 Å². The molecule has 2 aromatic heterocycles. The molecule has 1 amide bonds. The van der Waals surface area contributed by atoms with Gasteiger partial charge in [-0.25, -0.2) is 10.4 Å². The largest absolute Gasteiger partial charge is 0.460 e. The van der Waals surface area contributed by atoms with Gasteiger partial charge in [0.2, 0.25) is 0 Å². The Hall–Kier alpha value is -2.95. The number of carbonyl (C=O) groups is 1. The van der Waals surface area contributed by atoms with Crippen LogP contribution in [0.3, 0.4) is 0 Å². The summed E-state index contributed by atoms with van der Waals surface area (Å²) in [6.07, 6.45) is 1.45. The molecule has 1 N–H and O–H groups in total. The highest BCUT2D eigenvalue weighted by Crippen LogP contribution is 2.11. The smallest absolute Gasteiger partial charge is 0.289 e. The first kappa shape index (κ1) is 13.1. The number of hydrazone groups is 1. The van der Waals surface area contributed by atoms with E-state index in [2.05, 4.69) is 15.5 Å². The zero-order valence-electron chi connectivity index (χ0n) is 11.4. The van der Waals surface area contributed by atoms with Crippen molar-refractivity contribution in [3.63, 3.8) is 0 Å². The molecule has 3 aromatic rings. The van der Waals surface area contributed by atoms with Gasteiger partial charge in [-0.15, -0.1) is 0 Å². The Morgan fingerprint density at radius 1 is 1.19 bits per heavy atom. The van der Waals surface area contributed by atoms with E-state index in [1.54, 1.807) is 12.1 Å². The van der Waals surface area contributed by atoms with Crippen molar-refractivity contribution in [3.05, 3.63) is 65.7 Å². The van der Waals surface area contributed by atoms with Gasteiger partial charge in [-0.3, -0.25) is 4.79 Å². The van der Waals surface area contributed by atoms with E-state index in [9.17, 15) is 4.79 Å². The predicted molar refractivity (Wildman–Crippen MR) is 80.2 cm³/mol. The maximum absolute atomic E-state index is 12.0. The molecule has 0 saturated heterocycles. The minimum Gasteiger partial charge on any atom is -0.460 e. The van der Waals surface area contributed by atoms with E-state index in [1.165, 1.54) is 6.21 Å². The van der Waals surface area contributed by atoms with E-state index in [0.717, 1.165) is 16.7 Å². The fraction of sp³-hybridized carbons (Fsp3) is 0.0625. The van der Waals surface area contributed by atoms with E-state index >= 15 is 0 Å². The lowest BCUT2D eigenvalue weighted by atomic mass is 10.2. The molecule has 5 heteroatoms. The molecule has 3 rings (SSSR count).